The molecule has 0 aliphatic heterocycles. The van der Waals surface area contributed by atoms with Gasteiger partial charge in [-0.2, -0.15) is 8.42 Å². The maximum atomic E-state index is 11.2. The summed E-state index contributed by atoms with van der Waals surface area (Å²) in [5.41, 5.74) is 0. The van der Waals surface area contributed by atoms with Gasteiger partial charge in [0.1, 0.15) is 11.2 Å². The highest BCUT2D eigenvalue weighted by Crippen LogP contribution is 2.11. The van der Waals surface area contributed by atoms with Crippen molar-refractivity contribution >= 4 is 16.3 Å². The third-order valence-electron chi connectivity index (χ3n) is 1.66. The van der Waals surface area contributed by atoms with E-state index in [1.165, 1.54) is 0 Å². The van der Waals surface area contributed by atoms with Crippen molar-refractivity contribution in [3.8, 4) is 0 Å². The Labute approximate surface area is 87.2 Å². The first kappa shape index (κ1) is 11.7. The predicted octanol–water partition coefficient (Wildman–Crippen LogP) is 0.864. The summed E-state index contributed by atoms with van der Waals surface area (Å²) < 4.78 is 35.4. The van der Waals surface area contributed by atoms with E-state index in [1.54, 1.807) is 13.8 Å². The van der Waals surface area contributed by atoms with Gasteiger partial charge in [0, 0.05) is 6.07 Å². The Morgan fingerprint density at radius 3 is 2.60 bits per heavy atom. The molecule has 1 aromatic heterocycles. The molecule has 0 aliphatic rings. The van der Waals surface area contributed by atoms with Crippen LogP contribution in [0.3, 0.4) is 0 Å². The van der Waals surface area contributed by atoms with E-state index in [4.69, 9.17) is 8.97 Å². The molecule has 0 radical (unpaired) electrons. The maximum Gasteiger partial charge on any atom is 0.297 e. The van der Waals surface area contributed by atoms with Crippen LogP contribution in [0.25, 0.3) is 0 Å². The molecular formula is C8H11NO5S. The van der Waals surface area contributed by atoms with Crippen LogP contribution in [-0.2, 0) is 10.1 Å². The van der Waals surface area contributed by atoms with Crippen molar-refractivity contribution in [1.29, 1.82) is 0 Å². The zero-order chi connectivity index (χ0) is 11.6. The Morgan fingerprint density at radius 1 is 1.60 bits per heavy atom. The molecule has 0 saturated carbocycles. The lowest BCUT2D eigenvalue weighted by Crippen LogP contribution is -2.14. The molecule has 0 aromatic carbocycles. The van der Waals surface area contributed by atoms with E-state index < -0.39 is 10.1 Å². The van der Waals surface area contributed by atoms with Gasteiger partial charge < -0.3 is 9.62 Å². The summed E-state index contributed by atoms with van der Waals surface area (Å²) in [6, 6.07) is 0.798. The zero-order valence-electron chi connectivity index (χ0n) is 8.25. The summed E-state index contributed by atoms with van der Waals surface area (Å²) >= 11 is 0. The molecule has 1 rings (SSSR count). The number of rotatable bonds is 3. The quantitative estimate of drug-likeness (QED) is 0.275. The SMILES string of the molecule is CC(C)[N+]([O-])=Cc1cc(S(=O)(=O)O)co1. The van der Waals surface area contributed by atoms with Crippen LogP contribution in [0.2, 0.25) is 0 Å². The summed E-state index contributed by atoms with van der Waals surface area (Å²) in [6.45, 7) is 3.35. The normalized spacial score (nSPS) is 13.5. The van der Waals surface area contributed by atoms with E-state index in [-0.39, 0.29) is 16.7 Å². The first-order valence-corrected chi connectivity index (χ1v) is 5.61. The van der Waals surface area contributed by atoms with Crippen molar-refractivity contribution in [3.05, 3.63) is 23.3 Å². The summed E-state index contributed by atoms with van der Waals surface area (Å²) in [7, 11) is -4.27. The fraction of sp³-hybridized carbons (Fsp3) is 0.375. The van der Waals surface area contributed by atoms with Crippen LogP contribution in [0.15, 0.2) is 21.6 Å². The van der Waals surface area contributed by atoms with Crippen LogP contribution in [0.5, 0.6) is 0 Å². The number of hydrogen-bond acceptors (Lipinski definition) is 4. The lowest BCUT2D eigenvalue weighted by Gasteiger charge is -2.05. The van der Waals surface area contributed by atoms with Gasteiger partial charge in [0.15, 0.2) is 11.8 Å². The van der Waals surface area contributed by atoms with Gasteiger partial charge in [-0.1, -0.05) is 0 Å². The largest absolute Gasteiger partial charge is 0.624 e. The minimum Gasteiger partial charge on any atom is -0.624 e. The molecule has 0 amide bonds. The van der Waals surface area contributed by atoms with Gasteiger partial charge in [-0.25, -0.2) is 4.74 Å². The van der Waals surface area contributed by atoms with Gasteiger partial charge in [0.05, 0.1) is 0 Å². The van der Waals surface area contributed by atoms with Gasteiger partial charge in [-0.15, -0.1) is 0 Å². The van der Waals surface area contributed by atoms with Crippen LogP contribution >= 0.6 is 0 Å². The topological polar surface area (TPSA) is 93.6 Å². The Morgan fingerprint density at radius 2 is 2.20 bits per heavy atom. The highest BCUT2D eigenvalue weighted by molar-refractivity contribution is 7.85. The average Bonchev–Trinajstić information content (AvgIpc) is 2.51. The van der Waals surface area contributed by atoms with Gasteiger partial charge in [-0.3, -0.25) is 4.55 Å². The summed E-state index contributed by atoms with van der Waals surface area (Å²) in [4.78, 5) is -0.370. The first-order chi connectivity index (χ1) is 6.80. The monoisotopic (exact) mass is 233 g/mol. The Bertz CT molecular complexity index is 471. The third-order valence-corrected chi connectivity index (χ3v) is 2.47. The van der Waals surface area contributed by atoms with Crippen molar-refractivity contribution < 1.29 is 22.1 Å². The molecule has 1 aromatic rings. The maximum absolute atomic E-state index is 11.2. The second-order valence-electron chi connectivity index (χ2n) is 3.24. The van der Waals surface area contributed by atoms with Crippen LogP contribution in [0, 0.1) is 5.21 Å². The minimum atomic E-state index is -4.27. The Kier molecular flexibility index (Phi) is 3.15. The molecule has 0 unspecified atom stereocenters. The average molecular weight is 233 g/mol. The Balaban J connectivity index is 3.01. The zero-order valence-corrected chi connectivity index (χ0v) is 9.06. The molecule has 0 bridgehead atoms. The molecule has 7 heteroatoms. The van der Waals surface area contributed by atoms with Crippen molar-refractivity contribution in [1.82, 2.24) is 0 Å². The van der Waals surface area contributed by atoms with Crippen molar-refractivity contribution in [2.75, 3.05) is 0 Å². The van der Waals surface area contributed by atoms with Crippen LogP contribution in [-0.4, -0.2) is 30.0 Å². The van der Waals surface area contributed by atoms with Crippen LogP contribution < -0.4 is 0 Å². The molecule has 0 spiro atoms. The number of hydrogen-bond donors (Lipinski definition) is 1. The van der Waals surface area contributed by atoms with E-state index in [1.807, 2.05) is 0 Å². The highest BCUT2D eigenvalue weighted by atomic mass is 32.2. The third kappa shape index (κ3) is 3.07. The highest BCUT2D eigenvalue weighted by Gasteiger charge is 2.14. The molecule has 1 heterocycles. The van der Waals surface area contributed by atoms with E-state index in [0.29, 0.717) is 4.74 Å². The van der Waals surface area contributed by atoms with E-state index >= 15 is 0 Å². The number of hydroxylamine groups is 1. The lowest BCUT2D eigenvalue weighted by molar-refractivity contribution is -0.487. The van der Waals surface area contributed by atoms with E-state index in [9.17, 15) is 13.6 Å². The molecule has 0 atom stereocenters. The smallest absolute Gasteiger partial charge is 0.297 e. The molecule has 84 valence electrons. The molecule has 0 fully saturated rings. The lowest BCUT2D eigenvalue weighted by atomic mass is 10.4. The minimum absolute atomic E-state index is 0.0753. The molecule has 6 nitrogen and oxygen atoms in total. The summed E-state index contributed by atoms with van der Waals surface area (Å²) in [5, 5.41) is 11.2. The number of nitrogens with zero attached hydrogens (tertiary/aromatic N) is 1. The second-order valence-corrected chi connectivity index (χ2v) is 4.66. The first-order valence-electron chi connectivity index (χ1n) is 4.17. The van der Waals surface area contributed by atoms with Gasteiger partial charge >= 0.3 is 0 Å². The molecule has 0 saturated heterocycles. The number of furan rings is 1. The summed E-state index contributed by atoms with van der Waals surface area (Å²) in [6.07, 6.45) is 1.98. The standard InChI is InChI=1S/C8H11NO5S/c1-6(2)9(10)4-7-3-8(5-14-7)15(11,12)13/h3-6H,1-2H3,(H,11,12,13). The van der Waals surface area contributed by atoms with Gasteiger partial charge in [0.25, 0.3) is 10.1 Å². The fourth-order valence-electron chi connectivity index (χ4n) is 0.812. The molecule has 1 N–H and O–H groups in total. The van der Waals surface area contributed by atoms with Gasteiger partial charge in [-0.05, 0) is 13.8 Å². The van der Waals surface area contributed by atoms with Crippen LogP contribution in [0.4, 0.5) is 0 Å². The van der Waals surface area contributed by atoms with Crippen molar-refractivity contribution in [3.63, 3.8) is 0 Å². The van der Waals surface area contributed by atoms with Crippen LogP contribution in [0.1, 0.15) is 19.6 Å². The van der Waals surface area contributed by atoms with Gasteiger partial charge in [0.2, 0.25) is 6.21 Å². The van der Waals surface area contributed by atoms with Crippen molar-refractivity contribution in [2.24, 2.45) is 0 Å². The molecule has 0 aliphatic carbocycles. The molecular weight excluding hydrogens is 222 g/mol. The summed E-state index contributed by atoms with van der Waals surface area (Å²) in [5.74, 6) is 0.0753. The van der Waals surface area contributed by atoms with E-state index in [0.717, 1.165) is 18.5 Å². The molecule has 15 heavy (non-hydrogen) atoms. The predicted molar refractivity (Wildman–Crippen MR) is 52.5 cm³/mol. The van der Waals surface area contributed by atoms with E-state index in [2.05, 4.69) is 0 Å². The fourth-order valence-corrected chi connectivity index (χ4v) is 1.25. The second kappa shape index (κ2) is 4.03. The Hall–Kier alpha value is -1.34. The van der Waals surface area contributed by atoms with Crippen molar-refractivity contribution in [2.45, 2.75) is 24.8 Å².